The number of hydrogen-bond acceptors (Lipinski definition) is 6. The Bertz CT molecular complexity index is 1060. The third kappa shape index (κ3) is 3.44. The first kappa shape index (κ1) is 17.7. The minimum Gasteiger partial charge on any atom is -0.454 e. The Morgan fingerprint density at radius 3 is 2.90 bits per heavy atom. The number of carbonyl (C=O) groups excluding carboxylic acids is 1. The summed E-state index contributed by atoms with van der Waals surface area (Å²) in [5.74, 6) is 2.49. The number of ether oxygens (including phenoxy) is 2. The Kier molecular flexibility index (Phi) is 4.42. The summed E-state index contributed by atoms with van der Waals surface area (Å²) in [6, 6.07) is 13.3. The first-order valence-corrected chi connectivity index (χ1v) is 9.77. The lowest BCUT2D eigenvalue weighted by Crippen LogP contribution is -2.39. The highest BCUT2D eigenvalue weighted by atomic mass is 16.7. The van der Waals surface area contributed by atoms with E-state index >= 15 is 0 Å². The Labute approximate surface area is 168 Å². The van der Waals surface area contributed by atoms with Gasteiger partial charge in [0.05, 0.1) is 5.92 Å². The van der Waals surface area contributed by atoms with Crippen LogP contribution in [0.4, 0.5) is 0 Å². The largest absolute Gasteiger partial charge is 0.454 e. The van der Waals surface area contributed by atoms with E-state index in [0.29, 0.717) is 29.8 Å². The summed E-state index contributed by atoms with van der Waals surface area (Å²) < 4.78 is 16.7. The molecule has 0 radical (unpaired) electrons. The van der Waals surface area contributed by atoms with Gasteiger partial charge in [-0.3, -0.25) is 4.79 Å². The SMILES string of the molecule is Cc1cccc(C(=O)N2CCC[C@H](c3nnc(-c4ccc5c(c4)OCO5)o3)C2)c1. The predicted molar refractivity (Wildman–Crippen MR) is 105 cm³/mol. The molecule has 0 saturated carbocycles. The van der Waals surface area contributed by atoms with Crippen molar-refractivity contribution in [1.82, 2.24) is 15.1 Å². The lowest BCUT2D eigenvalue weighted by atomic mass is 9.97. The number of aryl methyl sites for hydroxylation is 1. The molecule has 1 aromatic heterocycles. The van der Waals surface area contributed by atoms with Crippen molar-refractivity contribution in [3.8, 4) is 23.0 Å². The Morgan fingerprint density at radius 1 is 1.10 bits per heavy atom. The highest BCUT2D eigenvalue weighted by Gasteiger charge is 2.29. The average molecular weight is 391 g/mol. The topological polar surface area (TPSA) is 77.7 Å². The second-order valence-corrected chi connectivity index (χ2v) is 7.47. The van der Waals surface area contributed by atoms with Crippen LogP contribution < -0.4 is 9.47 Å². The molecule has 1 fully saturated rings. The molecule has 7 heteroatoms. The van der Waals surface area contributed by atoms with Crippen molar-refractivity contribution >= 4 is 5.91 Å². The number of likely N-dealkylation sites (tertiary alicyclic amines) is 1. The molecule has 2 aliphatic rings. The minimum atomic E-state index is 0.0350. The van der Waals surface area contributed by atoms with Crippen molar-refractivity contribution in [3.05, 3.63) is 59.5 Å². The van der Waals surface area contributed by atoms with Crippen LogP contribution in [0.3, 0.4) is 0 Å². The summed E-state index contributed by atoms with van der Waals surface area (Å²) >= 11 is 0. The van der Waals surface area contributed by atoms with Gasteiger partial charge in [-0.05, 0) is 50.1 Å². The van der Waals surface area contributed by atoms with Crippen molar-refractivity contribution in [2.75, 3.05) is 19.9 Å². The van der Waals surface area contributed by atoms with Crippen LogP contribution in [-0.4, -0.2) is 40.9 Å². The molecule has 1 amide bonds. The van der Waals surface area contributed by atoms with Gasteiger partial charge in [0.15, 0.2) is 11.5 Å². The molecule has 3 aromatic rings. The van der Waals surface area contributed by atoms with E-state index in [1.807, 2.05) is 54.3 Å². The molecule has 7 nitrogen and oxygen atoms in total. The van der Waals surface area contributed by atoms with Crippen LogP contribution in [0.15, 0.2) is 46.9 Å². The third-order valence-electron chi connectivity index (χ3n) is 5.38. The molecule has 0 unspecified atom stereocenters. The Morgan fingerprint density at radius 2 is 2.00 bits per heavy atom. The van der Waals surface area contributed by atoms with Crippen molar-refractivity contribution < 1.29 is 18.7 Å². The number of hydrogen-bond donors (Lipinski definition) is 0. The van der Waals surface area contributed by atoms with Crippen molar-refractivity contribution in [1.29, 1.82) is 0 Å². The summed E-state index contributed by atoms with van der Waals surface area (Å²) in [6.07, 6.45) is 1.82. The van der Waals surface area contributed by atoms with Gasteiger partial charge in [0.2, 0.25) is 18.6 Å². The fraction of sp³-hybridized carbons (Fsp3) is 0.318. The average Bonchev–Trinajstić information content (AvgIpc) is 3.42. The fourth-order valence-electron chi connectivity index (χ4n) is 3.87. The molecule has 3 heterocycles. The number of carbonyl (C=O) groups is 1. The van der Waals surface area contributed by atoms with Crippen LogP contribution in [0.1, 0.15) is 40.6 Å². The lowest BCUT2D eigenvalue weighted by molar-refractivity contribution is 0.0698. The van der Waals surface area contributed by atoms with Crippen LogP contribution in [0, 0.1) is 6.92 Å². The van der Waals surface area contributed by atoms with Gasteiger partial charge in [-0.15, -0.1) is 10.2 Å². The minimum absolute atomic E-state index is 0.0350. The maximum absolute atomic E-state index is 12.9. The monoisotopic (exact) mass is 391 g/mol. The first-order chi connectivity index (χ1) is 14.2. The summed E-state index contributed by atoms with van der Waals surface area (Å²) in [6.45, 7) is 3.54. The number of rotatable bonds is 3. The standard InChI is InChI=1S/C22H21N3O4/c1-14-4-2-5-16(10-14)22(26)25-9-3-6-17(12-25)21-24-23-20(29-21)15-7-8-18-19(11-15)28-13-27-18/h2,4-5,7-8,10-11,17H,3,6,9,12-13H2,1H3/t17-/m0/s1. The number of amides is 1. The van der Waals surface area contributed by atoms with Gasteiger partial charge in [-0.2, -0.15) is 0 Å². The van der Waals surface area contributed by atoms with Gasteiger partial charge < -0.3 is 18.8 Å². The smallest absolute Gasteiger partial charge is 0.253 e. The third-order valence-corrected chi connectivity index (χ3v) is 5.38. The zero-order chi connectivity index (χ0) is 19.8. The molecule has 0 aliphatic carbocycles. The summed E-state index contributed by atoms with van der Waals surface area (Å²) in [5.41, 5.74) is 2.59. The van der Waals surface area contributed by atoms with Crippen molar-refractivity contribution in [2.24, 2.45) is 0 Å². The van der Waals surface area contributed by atoms with Gasteiger partial charge >= 0.3 is 0 Å². The molecular formula is C22H21N3O4. The van der Waals surface area contributed by atoms with Crippen LogP contribution in [0.2, 0.25) is 0 Å². The molecule has 148 valence electrons. The van der Waals surface area contributed by atoms with E-state index in [0.717, 1.165) is 36.1 Å². The number of piperidine rings is 1. The highest BCUT2D eigenvalue weighted by Crippen LogP contribution is 2.36. The van der Waals surface area contributed by atoms with Crippen molar-refractivity contribution in [2.45, 2.75) is 25.7 Å². The Balaban J connectivity index is 1.33. The quantitative estimate of drug-likeness (QED) is 0.676. The number of benzene rings is 2. The van der Waals surface area contributed by atoms with E-state index in [1.54, 1.807) is 0 Å². The second-order valence-electron chi connectivity index (χ2n) is 7.47. The maximum Gasteiger partial charge on any atom is 0.253 e. The maximum atomic E-state index is 12.9. The van der Waals surface area contributed by atoms with Crippen LogP contribution in [-0.2, 0) is 0 Å². The molecule has 0 N–H and O–H groups in total. The molecule has 1 atom stereocenters. The van der Waals surface area contributed by atoms with Crippen LogP contribution >= 0.6 is 0 Å². The van der Waals surface area contributed by atoms with E-state index in [-0.39, 0.29) is 18.6 Å². The molecule has 1 saturated heterocycles. The molecule has 29 heavy (non-hydrogen) atoms. The summed E-state index contributed by atoms with van der Waals surface area (Å²) in [4.78, 5) is 14.8. The molecule has 0 bridgehead atoms. The van der Waals surface area contributed by atoms with Gasteiger partial charge in [-0.25, -0.2) is 0 Å². The van der Waals surface area contributed by atoms with Crippen molar-refractivity contribution in [3.63, 3.8) is 0 Å². The number of aromatic nitrogens is 2. The van der Waals surface area contributed by atoms with Gasteiger partial charge in [0, 0.05) is 24.2 Å². The highest BCUT2D eigenvalue weighted by molar-refractivity contribution is 5.94. The molecule has 2 aliphatic heterocycles. The van der Waals surface area contributed by atoms with E-state index < -0.39 is 0 Å². The van der Waals surface area contributed by atoms with Gasteiger partial charge in [0.1, 0.15) is 0 Å². The fourth-order valence-corrected chi connectivity index (χ4v) is 3.87. The van der Waals surface area contributed by atoms with Crippen LogP contribution in [0.25, 0.3) is 11.5 Å². The zero-order valence-corrected chi connectivity index (χ0v) is 16.1. The number of nitrogens with zero attached hydrogens (tertiary/aromatic N) is 3. The van der Waals surface area contributed by atoms with E-state index in [2.05, 4.69) is 10.2 Å². The molecular weight excluding hydrogens is 370 g/mol. The van der Waals surface area contributed by atoms with Gasteiger partial charge in [0.25, 0.3) is 5.91 Å². The van der Waals surface area contributed by atoms with Gasteiger partial charge in [-0.1, -0.05) is 17.7 Å². The molecule has 0 spiro atoms. The summed E-state index contributed by atoms with van der Waals surface area (Å²) in [7, 11) is 0. The predicted octanol–water partition coefficient (Wildman–Crippen LogP) is 3.79. The molecule has 5 rings (SSSR count). The first-order valence-electron chi connectivity index (χ1n) is 9.77. The normalized spacial score (nSPS) is 18.1. The molecule has 2 aromatic carbocycles. The zero-order valence-electron chi connectivity index (χ0n) is 16.1. The van der Waals surface area contributed by atoms with E-state index in [4.69, 9.17) is 13.9 Å². The Hall–Kier alpha value is -3.35. The number of fused-ring (bicyclic) bond motifs is 1. The van der Waals surface area contributed by atoms with Crippen LogP contribution in [0.5, 0.6) is 11.5 Å². The lowest BCUT2D eigenvalue weighted by Gasteiger charge is -2.31. The van der Waals surface area contributed by atoms with E-state index in [1.165, 1.54) is 0 Å². The second kappa shape index (κ2) is 7.24. The summed E-state index contributed by atoms with van der Waals surface area (Å²) in [5, 5.41) is 8.47. The van der Waals surface area contributed by atoms with E-state index in [9.17, 15) is 4.79 Å².